The highest BCUT2D eigenvalue weighted by Gasteiger charge is 2.35. The first kappa shape index (κ1) is 23.1. The molecule has 0 radical (unpaired) electrons. The van der Waals surface area contributed by atoms with Gasteiger partial charge in [0.25, 0.3) is 5.91 Å². The molecular weight excluding hydrogens is 457 g/mol. The molecule has 3 aromatic rings. The summed E-state index contributed by atoms with van der Waals surface area (Å²) >= 11 is 0. The average Bonchev–Trinajstić information content (AvgIpc) is 3.39. The molecule has 2 amide bonds. The van der Waals surface area contributed by atoms with Crippen LogP contribution in [-0.4, -0.2) is 41.5 Å². The lowest BCUT2D eigenvalue weighted by Crippen LogP contribution is -2.24. The minimum Gasteiger partial charge on any atom is -0.484 e. The smallest absolute Gasteiger partial charge is 0.484 e. The number of alkyl halides is 3. The Morgan fingerprint density at radius 1 is 1.12 bits per heavy atom. The summed E-state index contributed by atoms with van der Waals surface area (Å²) in [6.07, 6.45) is -4.74. The number of benzene rings is 2. The number of nitrogens with zero attached hydrogens (tertiary/aromatic N) is 3. The maximum Gasteiger partial charge on any atom is 0.573 e. The topological polar surface area (TPSA) is 107 Å². The number of rotatable bonds is 7. The van der Waals surface area contributed by atoms with Crippen LogP contribution in [0.15, 0.2) is 52.9 Å². The lowest BCUT2D eigenvalue weighted by atomic mass is 10.1. The summed E-state index contributed by atoms with van der Waals surface area (Å²) in [5.41, 5.74) is 1.47. The zero-order chi connectivity index (χ0) is 24.3. The Bertz CT molecular complexity index is 1160. The van der Waals surface area contributed by atoms with E-state index in [1.165, 1.54) is 17.0 Å². The molecule has 34 heavy (non-hydrogen) atoms. The fourth-order valence-corrected chi connectivity index (χ4v) is 3.34. The van der Waals surface area contributed by atoms with E-state index < -0.39 is 18.2 Å². The molecule has 1 atom stereocenters. The predicted octanol–water partition coefficient (Wildman–Crippen LogP) is 3.81. The molecule has 0 saturated carbocycles. The van der Waals surface area contributed by atoms with E-state index in [4.69, 9.17) is 9.15 Å². The standard InChI is InChI=1S/C22H19F3N4O5/c1-13-2-6-16(7-3-13)32-12-18(30)26-21-28-27-20(33-21)14-10-19(31)29(11-14)15-4-8-17(9-5-15)34-22(23,24)25/h2-9,14H,10-12H2,1H3,(H,26,28,30). The van der Waals surface area contributed by atoms with Crippen LogP contribution in [0.2, 0.25) is 0 Å². The molecule has 0 aliphatic carbocycles. The second-order valence-electron chi connectivity index (χ2n) is 7.54. The normalized spacial score (nSPS) is 15.9. The van der Waals surface area contributed by atoms with Crippen LogP contribution >= 0.6 is 0 Å². The lowest BCUT2D eigenvalue weighted by Gasteiger charge is -2.17. The third-order valence-electron chi connectivity index (χ3n) is 4.93. The molecule has 1 aliphatic rings. The van der Waals surface area contributed by atoms with Crippen molar-refractivity contribution in [3.63, 3.8) is 0 Å². The van der Waals surface area contributed by atoms with Gasteiger partial charge >= 0.3 is 12.4 Å². The minimum atomic E-state index is -4.80. The van der Waals surface area contributed by atoms with Crippen molar-refractivity contribution in [2.45, 2.75) is 25.6 Å². The molecule has 1 unspecified atom stereocenters. The van der Waals surface area contributed by atoms with E-state index in [-0.39, 0.29) is 43.1 Å². The van der Waals surface area contributed by atoms with Crippen LogP contribution in [0.25, 0.3) is 0 Å². The first-order valence-electron chi connectivity index (χ1n) is 10.2. The Morgan fingerprint density at radius 2 is 1.79 bits per heavy atom. The van der Waals surface area contributed by atoms with E-state index in [0.29, 0.717) is 11.4 Å². The minimum absolute atomic E-state index is 0.0624. The average molecular weight is 476 g/mol. The number of nitrogens with one attached hydrogen (secondary N) is 1. The van der Waals surface area contributed by atoms with E-state index in [1.54, 1.807) is 12.1 Å². The number of amides is 2. The van der Waals surface area contributed by atoms with Gasteiger partial charge in [-0.15, -0.1) is 18.3 Å². The van der Waals surface area contributed by atoms with Crippen molar-refractivity contribution in [2.75, 3.05) is 23.4 Å². The quantitative estimate of drug-likeness (QED) is 0.553. The summed E-state index contributed by atoms with van der Waals surface area (Å²) in [4.78, 5) is 25.9. The monoisotopic (exact) mass is 476 g/mol. The zero-order valence-electron chi connectivity index (χ0n) is 17.8. The number of carbonyl (C=O) groups is 2. The molecule has 0 spiro atoms. The molecule has 1 fully saturated rings. The van der Waals surface area contributed by atoms with Crippen molar-refractivity contribution in [2.24, 2.45) is 0 Å². The van der Waals surface area contributed by atoms with Crippen LogP contribution in [0.5, 0.6) is 11.5 Å². The van der Waals surface area contributed by atoms with Crippen molar-refractivity contribution in [1.29, 1.82) is 0 Å². The predicted molar refractivity (Wildman–Crippen MR) is 112 cm³/mol. The molecule has 12 heteroatoms. The van der Waals surface area contributed by atoms with Crippen LogP contribution in [0.4, 0.5) is 24.9 Å². The summed E-state index contributed by atoms with van der Waals surface area (Å²) in [5, 5.41) is 10.1. The van der Waals surface area contributed by atoms with E-state index in [2.05, 4.69) is 20.3 Å². The Balaban J connectivity index is 1.32. The summed E-state index contributed by atoms with van der Waals surface area (Å²) in [6, 6.07) is 12.0. The first-order chi connectivity index (χ1) is 16.2. The Kier molecular flexibility index (Phi) is 6.39. The Hall–Kier alpha value is -4.09. The molecule has 2 aromatic carbocycles. The number of aromatic nitrogens is 2. The number of hydrogen-bond acceptors (Lipinski definition) is 7. The van der Waals surface area contributed by atoms with Crippen molar-refractivity contribution in [1.82, 2.24) is 10.2 Å². The number of hydrogen-bond donors (Lipinski definition) is 1. The number of halogens is 3. The van der Waals surface area contributed by atoms with Gasteiger partial charge in [-0.3, -0.25) is 14.9 Å². The van der Waals surface area contributed by atoms with Crippen molar-refractivity contribution < 1.29 is 36.7 Å². The van der Waals surface area contributed by atoms with Gasteiger partial charge < -0.3 is 18.8 Å². The van der Waals surface area contributed by atoms with Crippen LogP contribution in [0, 0.1) is 6.92 Å². The Morgan fingerprint density at radius 3 is 2.47 bits per heavy atom. The highest BCUT2D eigenvalue weighted by Crippen LogP contribution is 2.33. The molecule has 2 heterocycles. The fraction of sp³-hybridized carbons (Fsp3) is 0.273. The van der Waals surface area contributed by atoms with Crippen LogP contribution in [0.1, 0.15) is 23.8 Å². The number of carbonyl (C=O) groups excluding carboxylic acids is 2. The zero-order valence-corrected chi connectivity index (χ0v) is 17.8. The molecular formula is C22H19F3N4O5. The summed E-state index contributed by atoms with van der Waals surface area (Å²) in [6.45, 7) is 1.86. The summed E-state index contributed by atoms with van der Waals surface area (Å²) in [7, 11) is 0. The van der Waals surface area contributed by atoms with Crippen LogP contribution < -0.4 is 19.7 Å². The highest BCUT2D eigenvalue weighted by atomic mass is 19.4. The van der Waals surface area contributed by atoms with Gasteiger partial charge in [-0.1, -0.05) is 22.8 Å². The largest absolute Gasteiger partial charge is 0.573 e. The second kappa shape index (κ2) is 9.41. The second-order valence-corrected chi connectivity index (χ2v) is 7.54. The van der Waals surface area contributed by atoms with E-state index in [9.17, 15) is 22.8 Å². The highest BCUT2D eigenvalue weighted by molar-refractivity contribution is 5.96. The number of ether oxygens (including phenoxy) is 2. The van der Waals surface area contributed by atoms with E-state index in [1.807, 2.05) is 19.1 Å². The molecule has 9 nitrogen and oxygen atoms in total. The van der Waals surface area contributed by atoms with Gasteiger partial charge in [0.1, 0.15) is 11.5 Å². The van der Waals surface area contributed by atoms with Crippen molar-refractivity contribution >= 4 is 23.5 Å². The molecule has 4 rings (SSSR count). The summed E-state index contributed by atoms with van der Waals surface area (Å²) < 4.78 is 51.7. The maximum absolute atomic E-state index is 12.4. The van der Waals surface area contributed by atoms with Gasteiger partial charge in [0.05, 0.1) is 5.92 Å². The van der Waals surface area contributed by atoms with Gasteiger partial charge in [0.15, 0.2) is 6.61 Å². The molecule has 1 saturated heterocycles. The van der Waals surface area contributed by atoms with E-state index in [0.717, 1.165) is 17.7 Å². The van der Waals surface area contributed by atoms with Crippen LogP contribution in [-0.2, 0) is 9.59 Å². The third-order valence-corrected chi connectivity index (χ3v) is 4.93. The summed E-state index contributed by atoms with van der Waals surface area (Å²) in [5.74, 6) is -0.897. The fourth-order valence-electron chi connectivity index (χ4n) is 3.34. The molecule has 1 aliphatic heterocycles. The maximum atomic E-state index is 12.4. The first-order valence-corrected chi connectivity index (χ1v) is 10.2. The van der Waals surface area contributed by atoms with Gasteiger partial charge in [-0.2, -0.15) is 0 Å². The van der Waals surface area contributed by atoms with Crippen molar-refractivity contribution in [3.8, 4) is 11.5 Å². The lowest BCUT2D eigenvalue weighted by molar-refractivity contribution is -0.274. The van der Waals surface area contributed by atoms with Gasteiger partial charge in [-0.05, 0) is 43.3 Å². The third kappa shape index (κ3) is 5.82. The molecule has 178 valence electrons. The van der Waals surface area contributed by atoms with Gasteiger partial charge in [0.2, 0.25) is 11.8 Å². The SMILES string of the molecule is Cc1ccc(OCC(=O)Nc2nnc(C3CC(=O)N(c4ccc(OC(F)(F)F)cc4)C3)o2)cc1. The van der Waals surface area contributed by atoms with Crippen molar-refractivity contribution in [3.05, 3.63) is 60.0 Å². The number of anilines is 2. The van der Waals surface area contributed by atoms with E-state index >= 15 is 0 Å². The Labute approximate surface area is 191 Å². The van der Waals surface area contributed by atoms with Gasteiger partial charge in [-0.25, -0.2) is 0 Å². The molecule has 0 bridgehead atoms. The number of aryl methyl sites for hydroxylation is 1. The van der Waals surface area contributed by atoms with Crippen LogP contribution in [0.3, 0.4) is 0 Å². The van der Waals surface area contributed by atoms with Gasteiger partial charge in [0, 0.05) is 18.7 Å². The molecule has 1 N–H and O–H groups in total. The molecule has 1 aromatic heterocycles.